The van der Waals surface area contributed by atoms with Gasteiger partial charge in [0.05, 0.1) is 10.8 Å². The molecule has 9 nitrogen and oxygen atoms in total. The SMILES string of the molecule is Cc1ccc(N2CC(C(=O)N3CCC(C(=O)Nc4ccc(S(=O)(=O)N(C)Cc5ccccc5)cc4)CC3)CC2=O)cc1. The minimum absolute atomic E-state index is 0.0362. The summed E-state index contributed by atoms with van der Waals surface area (Å²) in [6.07, 6.45) is 1.24. The first-order valence-electron chi connectivity index (χ1n) is 14.2. The Morgan fingerprint density at radius 1 is 0.905 bits per heavy atom. The molecule has 1 N–H and O–H groups in total. The zero-order valence-corrected chi connectivity index (χ0v) is 24.7. The average molecular weight is 589 g/mol. The highest BCUT2D eigenvalue weighted by Crippen LogP contribution is 2.29. The van der Waals surface area contributed by atoms with E-state index >= 15 is 0 Å². The lowest BCUT2D eigenvalue weighted by atomic mass is 9.94. The number of carbonyl (C=O) groups excluding carboxylic acids is 3. The standard InChI is InChI=1S/C32H36N4O5S/c1-23-8-12-28(13-9-23)36-22-26(20-30(36)37)32(39)35-18-16-25(17-19-35)31(38)33-27-10-14-29(15-11-27)42(40,41)34(2)21-24-6-4-3-5-7-24/h3-15,25-26H,16-22H2,1-2H3,(H,33,38). The van der Waals surface area contributed by atoms with Gasteiger partial charge in [-0.3, -0.25) is 14.4 Å². The van der Waals surface area contributed by atoms with Crippen LogP contribution in [0.4, 0.5) is 11.4 Å². The highest BCUT2D eigenvalue weighted by atomic mass is 32.2. The van der Waals surface area contributed by atoms with Crippen molar-refractivity contribution in [2.45, 2.75) is 37.6 Å². The lowest BCUT2D eigenvalue weighted by molar-refractivity contribution is -0.138. The number of anilines is 2. The summed E-state index contributed by atoms with van der Waals surface area (Å²) in [5.41, 5.74) is 3.32. The van der Waals surface area contributed by atoms with E-state index in [2.05, 4.69) is 5.32 Å². The zero-order chi connectivity index (χ0) is 29.9. The first-order chi connectivity index (χ1) is 20.1. The fraction of sp³-hybridized carbons (Fsp3) is 0.344. The molecule has 1 unspecified atom stereocenters. The quantitative estimate of drug-likeness (QED) is 0.428. The summed E-state index contributed by atoms with van der Waals surface area (Å²) in [6, 6.07) is 23.3. The molecule has 42 heavy (non-hydrogen) atoms. The fourth-order valence-electron chi connectivity index (χ4n) is 5.53. The van der Waals surface area contributed by atoms with Gasteiger partial charge in [0.15, 0.2) is 0 Å². The van der Waals surface area contributed by atoms with Crippen LogP contribution in [0.5, 0.6) is 0 Å². The van der Waals surface area contributed by atoms with Crippen molar-refractivity contribution in [3.8, 4) is 0 Å². The van der Waals surface area contributed by atoms with Crippen molar-refractivity contribution in [2.24, 2.45) is 11.8 Å². The van der Waals surface area contributed by atoms with Crippen LogP contribution in [0.25, 0.3) is 0 Å². The van der Waals surface area contributed by atoms with E-state index in [-0.39, 0.29) is 47.4 Å². The van der Waals surface area contributed by atoms with Crippen molar-refractivity contribution in [1.82, 2.24) is 9.21 Å². The maximum absolute atomic E-state index is 13.2. The van der Waals surface area contributed by atoms with E-state index < -0.39 is 10.0 Å². The summed E-state index contributed by atoms with van der Waals surface area (Å²) in [7, 11) is -2.15. The van der Waals surface area contributed by atoms with Gasteiger partial charge in [-0.15, -0.1) is 0 Å². The van der Waals surface area contributed by atoms with Gasteiger partial charge in [0.2, 0.25) is 27.7 Å². The van der Waals surface area contributed by atoms with E-state index in [9.17, 15) is 22.8 Å². The maximum Gasteiger partial charge on any atom is 0.243 e. The molecule has 0 aliphatic carbocycles. The minimum atomic E-state index is -3.69. The second kappa shape index (κ2) is 12.5. The van der Waals surface area contributed by atoms with Crippen molar-refractivity contribution in [3.63, 3.8) is 0 Å². The van der Waals surface area contributed by atoms with Crippen molar-refractivity contribution in [3.05, 3.63) is 90.0 Å². The number of nitrogens with one attached hydrogen (secondary N) is 1. The molecule has 0 aromatic heterocycles. The number of likely N-dealkylation sites (tertiary alicyclic amines) is 1. The molecule has 0 saturated carbocycles. The molecule has 2 aliphatic heterocycles. The normalized spacial score (nSPS) is 18.0. The smallest absolute Gasteiger partial charge is 0.243 e. The molecular weight excluding hydrogens is 552 g/mol. The van der Waals surface area contributed by atoms with Crippen LogP contribution < -0.4 is 10.2 Å². The number of piperidine rings is 1. The first-order valence-corrected chi connectivity index (χ1v) is 15.6. The lowest BCUT2D eigenvalue weighted by Gasteiger charge is -2.33. The number of amides is 3. The number of nitrogens with zero attached hydrogens (tertiary/aromatic N) is 3. The van der Waals surface area contributed by atoms with Crippen LogP contribution in [-0.4, -0.2) is 62.0 Å². The monoisotopic (exact) mass is 588 g/mol. The molecule has 0 bridgehead atoms. The van der Waals surface area contributed by atoms with Gasteiger partial charge < -0.3 is 15.1 Å². The molecule has 2 saturated heterocycles. The third-order valence-electron chi connectivity index (χ3n) is 8.08. The molecule has 10 heteroatoms. The Morgan fingerprint density at radius 2 is 1.55 bits per heavy atom. The summed E-state index contributed by atoms with van der Waals surface area (Å²) in [6.45, 7) is 3.52. The Labute approximate surface area is 247 Å². The van der Waals surface area contributed by atoms with Crippen molar-refractivity contribution in [2.75, 3.05) is 36.9 Å². The maximum atomic E-state index is 13.2. The van der Waals surface area contributed by atoms with E-state index in [4.69, 9.17) is 0 Å². The van der Waals surface area contributed by atoms with Crippen LogP contribution in [-0.2, 0) is 31.0 Å². The predicted molar refractivity (Wildman–Crippen MR) is 161 cm³/mol. The summed E-state index contributed by atoms with van der Waals surface area (Å²) < 4.78 is 27.3. The van der Waals surface area contributed by atoms with Crippen LogP contribution in [0.15, 0.2) is 83.8 Å². The largest absolute Gasteiger partial charge is 0.342 e. The van der Waals surface area contributed by atoms with Crippen LogP contribution in [0.3, 0.4) is 0 Å². The van der Waals surface area contributed by atoms with E-state index in [1.165, 1.54) is 16.4 Å². The molecule has 5 rings (SSSR count). The van der Waals surface area contributed by atoms with E-state index in [0.29, 0.717) is 38.2 Å². The summed E-state index contributed by atoms with van der Waals surface area (Å²) >= 11 is 0. The Bertz CT molecular complexity index is 1530. The minimum Gasteiger partial charge on any atom is -0.342 e. The molecule has 220 valence electrons. The van der Waals surface area contributed by atoms with Crippen molar-refractivity contribution in [1.29, 1.82) is 0 Å². The summed E-state index contributed by atoms with van der Waals surface area (Å²) in [5.74, 6) is -0.881. The number of aryl methyl sites for hydroxylation is 1. The molecule has 3 aromatic carbocycles. The summed E-state index contributed by atoms with van der Waals surface area (Å²) in [5, 5.41) is 2.89. The molecule has 3 aromatic rings. The Hall–Kier alpha value is -4.02. The number of carbonyl (C=O) groups is 3. The predicted octanol–water partition coefficient (Wildman–Crippen LogP) is 4.05. The summed E-state index contributed by atoms with van der Waals surface area (Å²) in [4.78, 5) is 42.4. The van der Waals surface area contributed by atoms with Gasteiger partial charge in [0.1, 0.15) is 0 Å². The first kappa shape index (κ1) is 29.5. The molecule has 0 radical (unpaired) electrons. The number of benzene rings is 3. The number of rotatable bonds is 8. The van der Waals surface area contributed by atoms with E-state index in [1.54, 1.807) is 29.0 Å². The van der Waals surface area contributed by atoms with Gasteiger partial charge in [-0.1, -0.05) is 48.0 Å². The second-order valence-corrected chi connectivity index (χ2v) is 13.1. The highest BCUT2D eigenvalue weighted by Gasteiger charge is 2.38. The van der Waals surface area contributed by atoms with Gasteiger partial charge in [-0.2, -0.15) is 4.31 Å². The lowest BCUT2D eigenvalue weighted by Crippen LogP contribution is -2.44. The van der Waals surface area contributed by atoms with Gasteiger partial charge >= 0.3 is 0 Å². The number of sulfonamides is 1. The van der Waals surface area contributed by atoms with Crippen molar-refractivity contribution < 1.29 is 22.8 Å². The third-order valence-corrected chi connectivity index (χ3v) is 9.89. The third kappa shape index (κ3) is 6.55. The molecule has 2 fully saturated rings. The molecule has 1 atom stereocenters. The van der Waals surface area contributed by atoms with Crippen LogP contribution in [0.1, 0.15) is 30.4 Å². The van der Waals surface area contributed by atoms with Gasteiger partial charge in [0.25, 0.3) is 0 Å². The van der Waals surface area contributed by atoms with Crippen molar-refractivity contribution >= 4 is 39.1 Å². The molecule has 2 aliphatic rings. The zero-order valence-electron chi connectivity index (χ0n) is 23.9. The van der Waals surface area contributed by atoms with Gasteiger partial charge in [-0.05, 0) is 61.7 Å². The van der Waals surface area contributed by atoms with Crippen LogP contribution in [0, 0.1) is 18.8 Å². The van der Waals surface area contributed by atoms with Crippen LogP contribution >= 0.6 is 0 Å². The Kier molecular flexibility index (Phi) is 8.74. The molecule has 3 amide bonds. The number of hydrogen-bond donors (Lipinski definition) is 1. The topological polar surface area (TPSA) is 107 Å². The second-order valence-electron chi connectivity index (χ2n) is 11.1. The Balaban J connectivity index is 1.11. The fourth-order valence-corrected chi connectivity index (χ4v) is 6.69. The average Bonchev–Trinajstić information content (AvgIpc) is 3.39. The molecule has 2 heterocycles. The molecule has 0 spiro atoms. The highest BCUT2D eigenvalue weighted by molar-refractivity contribution is 7.89. The van der Waals surface area contributed by atoms with Gasteiger partial charge in [-0.25, -0.2) is 8.42 Å². The van der Waals surface area contributed by atoms with E-state index in [1.807, 2.05) is 61.5 Å². The van der Waals surface area contributed by atoms with E-state index in [0.717, 1.165) is 16.8 Å². The molecular formula is C32H36N4O5S. The van der Waals surface area contributed by atoms with Crippen LogP contribution in [0.2, 0.25) is 0 Å². The Morgan fingerprint density at radius 3 is 2.19 bits per heavy atom. The number of hydrogen-bond acceptors (Lipinski definition) is 5. The van der Waals surface area contributed by atoms with Gasteiger partial charge in [0, 0.05) is 56.9 Å².